The summed E-state index contributed by atoms with van der Waals surface area (Å²) in [5.41, 5.74) is 0. The quantitative estimate of drug-likeness (QED) is 0.849. The number of nitrogens with zero attached hydrogens (tertiary/aromatic N) is 3. The van der Waals surface area contributed by atoms with E-state index in [4.69, 9.17) is 0 Å². The van der Waals surface area contributed by atoms with Gasteiger partial charge in [0.25, 0.3) is 0 Å². The summed E-state index contributed by atoms with van der Waals surface area (Å²) in [6.07, 6.45) is 6.43. The van der Waals surface area contributed by atoms with Crippen LogP contribution >= 0.6 is 0 Å². The lowest BCUT2D eigenvalue weighted by Gasteiger charge is -2.30. The van der Waals surface area contributed by atoms with Crippen molar-refractivity contribution >= 4 is 5.95 Å². The third kappa shape index (κ3) is 2.55. The average molecular weight is 222 g/mol. The van der Waals surface area contributed by atoms with Gasteiger partial charge in [-0.25, -0.2) is 4.98 Å². The molecule has 0 saturated carbocycles. The van der Waals surface area contributed by atoms with Crippen molar-refractivity contribution in [2.45, 2.75) is 38.8 Å². The van der Waals surface area contributed by atoms with Crippen LogP contribution in [0.3, 0.4) is 0 Å². The van der Waals surface area contributed by atoms with E-state index in [-0.39, 0.29) is 0 Å². The normalized spacial score (nSPS) is 19.2. The molecule has 1 aliphatic rings. The summed E-state index contributed by atoms with van der Waals surface area (Å²) in [7, 11) is 2.19. The number of hydrogen-bond acceptors (Lipinski definition) is 3. The van der Waals surface area contributed by atoms with Gasteiger partial charge < -0.3 is 14.8 Å². The first-order chi connectivity index (χ1) is 7.66. The van der Waals surface area contributed by atoms with Gasteiger partial charge in [-0.1, -0.05) is 0 Å². The Hall–Kier alpha value is -1.03. The van der Waals surface area contributed by atoms with Crippen molar-refractivity contribution in [1.82, 2.24) is 14.5 Å². The van der Waals surface area contributed by atoms with Gasteiger partial charge in [0.2, 0.25) is 5.95 Å². The molecular formula is C12H22N4. The van der Waals surface area contributed by atoms with Gasteiger partial charge in [0.15, 0.2) is 0 Å². The van der Waals surface area contributed by atoms with Gasteiger partial charge in [-0.3, -0.25) is 0 Å². The van der Waals surface area contributed by atoms with Crippen LogP contribution in [0.2, 0.25) is 0 Å². The number of nitrogens with one attached hydrogen (secondary N) is 1. The van der Waals surface area contributed by atoms with Gasteiger partial charge in [-0.05, 0) is 46.8 Å². The highest BCUT2D eigenvalue weighted by atomic mass is 15.2. The van der Waals surface area contributed by atoms with E-state index < -0.39 is 0 Å². The maximum Gasteiger partial charge on any atom is 0.203 e. The van der Waals surface area contributed by atoms with Crippen LogP contribution in [-0.2, 0) is 0 Å². The van der Waals surface area contributed by atoms with Gasteiger partial charge in [0.1, 0.15) is 0 Å². The molecule has 0 amide bonds. The molecule has 0 atom stereocenters. The number of hydrogen-bond donors (Lipinski definition) is 1. The van der Waals surface area contributed by atoms with Crippen molar-refractivity contribution in [1.29, 1.82) is 0 Å². The predicted molar refractivity (Wildman–Crippen MR) is 66.8 cm³/mol. The molecule has 0 unspecified atom stereocenters. The molecule has 0 bridgehead atoms. The van der Waals surface area contributed by atoms with Gasteiger partial charge >= 0.3 is 0 Å². The fourth-order valence-electron chi connectivity index (χ4n) is 2.25. The minimum atomic E-state index is 0.437. The molecule has 90 valence electrons. The number of rotatable bonds is 3. The molecule has 2 heterocycles. The molecule has 16 heavy (non-hydrogen) atoms. The summed E-state index contributed by atoms with van der Waals surface area (Å²) in [5.74, 6) is 1.02. The van der Waals surface area contributed by atoms with Gasteiger partial charge in [-0.15, -0.1) is 0 Å². The molecule has 1 aromatic rings. The second-order valence-corrected chi connectivity index (χ2v) is 4.99. The smallest absolute Gasteiger partial charge is 0.203 e. The lowest BCUT2D eigenvalue weighted by molar-refractivity contribution is 0.222. The number of piperidine rings is 1. The Morgan fingerprint density at radius 3 is 2.69 bits per heavy atom. The Labute approximate surface area is 97.7 Å². The van der Waals surface area contributed by atoms with Crippen LogP contribution in [0.25, 0.3) is 0 Å². The largest absolute Gasteiger partial charge is 0.353 e. The maximum atomic E-state index is 4.39. The summed E-state index contributed by atoms with van der Waals surface area (Å²) in [4.78, 5) is 6.78. The van der Waals surface area contributed by atoms with Crippen LogP contribution < -0.4 is 5.32 Å². The average Bonchev–Trinajstić information content (AvgIpc) is 2.66. The van der Waals surface area contributed by atoms with Gasteiger partial charge in [-0.2, -0.15) is 0 Å². The summed E-state index contributed by atoms with van der Waals surface area (Å²) < 4.78 is 2.30. The van der Waals surface area contributed by atoms with Crippen molar-refractivity contribution in [2.75, 3.05) is 25.5 Å². The zero-order valence-electron chi connectivity index (χ0n) is 10.5. The van der Waals surface area contributed by atoms with E-state index in [1.54, 1.807) is 0 Å². The third-order valence-electron chi connectivity index (χ3n) is 3.17. The zero-order valence-corrected chi connectivity index (χ0v) is 10.5. The predicted octanol–water partition coefficient (Wildman–Crippen LogP) is 1.97. The standard InChI is InChI=1S/C12H22N4/c1-10(2)14-12-13-6-9-16(12)11-4-7-15(3)8-5-11/h6,9-11H,4-5,7-8H2,1-3H3,(H,13,14). The lowest BCUT2D eigenvalue weighted by Crippen LogP contribution is -2.32. The molecule has 0 aromatic carbocycles. The molecular weight excluding hydrogens is 200 g/mol. The molecule has 0 radical (unpaired) electrons. The molecule has 1 saturated heterocycles. The molecule has 0 spiro atoms. The minimum Gasteiger partial charge on any atom is -0.353 e. The van der Waals surface area contributed by atoms with Crippen LogP contribution in [-0.4, -0.2) is 40.6 Å². The maximum absolute atomic E-state index is 4.39. The van der Waals surface area contributed by atoms with Crippen LogP contribution in [0.5, 0.6) is 0 Å². The number of aromatic nitrogens is 2. The van der Waals surface area contributed by atoms with Crippen molar-refractivity contribution in [3.05, 3.63) is 12.4 Å². The van der Waals surface area contributed by atoms with E-state index in [9.17, 15) is 0 Å². The molecule has 1 aromatic heterocycles. The van der Waals surface area contributed by atoms with E-state index in [0.717, 1.165) is 5.95 Å². The van der Waals surface area contributed by atoms with Crippen LogP contribution in [0, 0.1) is 0 Å². The van der Waals surface area contributed by atoms with E-state index in [1.165, 1.54) is 25.9 Å². The van der Waals surface area contributed by atoms with E-state index in [1.807, 2.05) is 6.20 Å². The molecule has 1 aliphatic heterocycles. The highest BCUT2D eigenvalue weighted by molar-refractivity contribution is 5.27. The fraction of sp³-hybridized carbons (Fsp3) is 0.750. The molecule has 2 rings (SSSR count). The first-order valence-corrected chi connectivity index (χ1v) is 6.14. The van der Waals surface area contributed by atoms with E-state index in [2.05, 4.69) is 46.9 Å². The fourth-order valence-corrected chi connectivity index (χ4v) is 2.25. The van der Waals surface area contributed by atoms with Crippen molar-refractivity contribution in [2.24, 2.45) is 0 Å². The summed E-state index contributed by atoms with van der Waals surface area (Å²) in [5, 5.41) is 3.40. The molecule has 4 heteroatoms. The highest BCUT2D eigenvalue weighted by Crippen LogP contribution is 2.24. The van der Waals surface area contributed by atoms with E-state index >= 15 is 0 Å². The summed E-state index contributed by atoms with van der Waals surface area (Å²) in [6.45, 7) is 6.66. The Morgan fingerprint density at radius 1 is 1.38 bits per heavy atom. The Bertz CT molecular complexity index is 324. The Balaban J connectivity index is 2.05. The van der Waals surface area contributed by atoms with Crippen molar-refractivity contribution in [3.8, 4) is 0 Å². The number of anilines is 1. The zero-order chi connectivity index (χ0) is 11.5. The Kier molecular flexibility index (Phi) is 3.49. The van der Waals surface area contributed by atoms with E-state index in [0.29, 0.717) is 12.1 Å². The first kappa shape index (κ1) is 11.5. The van der Waals surface area contributed by atoms with Crippen LogP contribution in [0.1, 0.15) is 32.7 Å². The molecule has 1 fully saturated rings. The number of likely N-dealkylation sites (tertiary alicyclic amines) is 1. The lowest BCUT2D eigenvalue weighted by atomic mass is 10.1. The van der Waals surface area contributed by atoms with Crippen molar-refractivity contribution in [3.63, 3.8) is 0 Å². The number of imidazole rings is 1. The Morgan fingerprint density at radius 2 is 2.06 bits per heavy atom. The highest BCUT2D eigenvalue weighted by Gasteiger charge is 2.20. The van der Waals surface area contributed by atoms with Gasteiger partial charge in [0, 0.05) is 24.5 Å². The molecule has 1 N–H and O–H groups in total. The SMILES string of the molecule is CC(C)Nc1nccn1C1CCN(C)CC1. The third-order valence-corrected chi connectivity index (χ3v) is 3.17. The van der Waals surface area contributed by atoms with Crippen molar-refractivity contribution < 1.29 is 0 Å². The summed E-state index contributed by atoms with van der Waals surface area (Å²) in [6, 6.07) is 1.05. The monoisotopic (exact) mass is 222 g/mol. The van der Waals surface area contributed by atoms with Crippen LogP contribution in [0.15, 0.2) is 12.4 Å². The first-order valence-electron chi connectivity index (χ1n) is 6.14. The van der Waals surface area contributed by atoms with Gasteiger partial charge in [0.05, 0.1) is 0 Å². The van der Waals surface area contributed by atoms with Crippen LogP contribution in [0.4, 0.5) is 5.95 Å². The second-order valence-electron chi connectivity index (χ2n) is 4.99. The second kappa shape index (κ2) is 4.87. The molecule has 4 nitrogen and oxygen atoms in total. The topological polar surface area (TPSA) is 33.1 Å². The molecule has 0 aliphatic carbocycles. The summed E-state index contributed by atoms with van der Waals surface area (Å²) >= 11 is 0. The minimum absolute atomic E-state index is 0.437.